The molecule has 8 nitrogen and oxygen atoms in total. The number of aryl methyl sites for hydroxylation is 2. The van der Waals surface area contributed by atoms with E-state index in [0.717, 1.165) is 41.4 Å². The monoisotopic (exact) mass is 558 g/mol. The number of fused-ring (bicyclic) bond motifs is 1. The number of hydrogen-bond acceptors (Lipinski definition) is 7. The smallest absolute Gasteiger partial charge is 0.413 e. The summed E-state index contributed by atoms with van der Waals surface area (Å²) in [7, 11) is 1.73. The van der Waals surface area contributed by atoms with E-state index in [0.29, 0.717) is 24.4 Å². The molecule has 0 bridgehead atoms. The molecule has 0 saturated heterocycles. The predicted octanol–water partition coefficient (Wildman–Crippen LogP) is 7.16. The second kappa shape index (κ2) is 9.62. The fourth-order valence-electron chi connectivity index (χ4n) is 4.91. The fourth-order valence-corrected chi connectivity index (χ4v) is 7.29. The zero-order chi connectivity index (χ0) is 27.3. The van der Waals surface area contributed by atoms with Crippen molar-refractivity contribution >= 4 is 50.0 Å². The number of carbonyl (C=O) groups excluding carboxylic acids is 1. The number of thiophene rings is 2. The molecule has 1 amide bonds. The third-order valence-electron chi connectivity index (χ3n) is 7.23. The number of aliphatic carboxylic acids is 1. The standard InChI is InChI=1S/C29H26N4O4S2/c1-16-13-19(9-10-20(16)29(11-12-29)27(34)35)21-14-22-23(38-21)15-24(39-22)25-26(33(3)32-31-25)30-28(36)37-17(2)18-7-5-4-6-8-18/h4-10,13-15,17H,11-12H2,1-3H3,(H,30,36)(H,34,35). The molecule has 10 heteroatoms. The van der Waals surface area contributed by atoms with E-state index < -0.39 is 23.6 Å². The van der Waals surface area contributed by atoms with Gasteiger partial charge in [0.15, 0.2) is 5.82 Å². The molecule has 1 aliphatic rings. The van der Waals surface area contributed by atoms with Gasteiger partial charge in [-0.05, 0) is 61.1 Å². The second-order valence-electron chi connectivity index (χ2n) is 9.86. The van der Waals surface area contributed by atoms with Gasteiger partial charge in [-0.1, -0.05) is 53.7 Å². The van der Waals surface area contributed by atoms with Crippen molar-refractivity contribution in [3.8, 4) is 21.0 Å². The van der Waals surface area contributed by atoms with Crippen LogP contribution in [0.2, 0.25) is 0 Å². The minimum Gasteiger partial charge on any atom is -0.481 e. The van der Waals surface area contributed by atoms with Crippen molar-refractivity contribution in [1.29, 1.82) is 0 Å². The summed E-state index contributed by atoms with van der Waals surface area (Å²) in [4.78, 5) is 26.5. The zero-order valence-electron chi connectivity index (χ0n) is 21.6. The van der Waals surface area contributed by atoms with Crippen LogP contribution in [0, 0.1) is 6.92 Å². The maximum atomic E-state index is 12.7. The van der Waals surface area contributed by atoms with Crippen LogP contribution in [0.4, 0.5) is 10.6 Å². The Morgan fingerprint density at radius 1 is 1.05 bits per heavy atom. The van der Waals surface area contributed by atoms with Gasteiger partial charge in [-0.2, -0.15) is 0 Å². The summed E-state index contributed by atoms with van der Waals surface area (Å²) in [5.74, 6) is -0.271. The van der Waals surface area contributed by atoms with Crippen LogP contribution >= 0.6 is 22.7 Å². The van der Waals surface area contributed by atoms with E-state index in [1.807, 2.05) is 56.3 Å². The highest BCUT2D eigenvalue weighted by atomic mass is 32.1. The lowest BCUT2D eigenvalue weighted by molar-refractivity contribution is -0.140. The molecular weight excluding hydrogens is 532 g/mol. The quantitative estimate of drug-likeness (QED) is 0.220. The zero-order valence-corrected chi connectivity index (χ0v) is 23.2. The Hall–Kier alpha value is -4.02. The summed E-state index contributed by atoms with van der Waals surface area (Å²) in [6.07, 6.45) is 0.415. The molecule has 1 aliphatic carbocycles. The number of ether oxygens (including phenoxy) is 1. The summed E-state index contributed by atoms with van der Waals surface area (Å²) in [6, 6.07) is 19.8. The number of nitrogens with zero attached hydrogens (tertiary/aromatic N) is 3. The molecule has 198 valence electrons. The molecule has 1 unspecified atom stereocenters. The molecule has 2 N–H and O–H groups in total. The molecule has 3 heterocycles. The predicted molar refractivity (Wildman–Crippen MR) is 153 cm³/mol. The number of nitrogens with one attached hydrogen (secondary N) is 1. The van der Waals surface area contributed by atoms with Crippen LogP contribution in [0.15, 0.2) is 60.7 Å². The first-order valence-electron chi connectivity index (χ1n) is 12.6. The van der Waals surface area contributed by atoms with Gasteiger partial charge in [-0.15, -0.1) is 27.8 Å². The van der Waals surface area contributed by atoms with Crippen LogP contribution in [0.5, 0.6) is 0 Å². The van der Waals surface area contributed by atoms with Crippen molar-refractivity contribution in [2.45, 2.75) is 38.2 Å². The number of hydrogen-bond donors (Lipinski definition) is 2. The van der Waals surface area contributed by atoms with Crippen molar-refractivity contribution in [2.75, 3.05) is 5.32 Å². The van der Waals surface area contributed by atoms with Gasteiger partial charge < -0.3 is 9.84 Å². The average Bonchev–Trinajstić information content (AvgIpc) is 3.31. The average molecular weight is 559 g/mol. The highest BCUT2D eigenvalue weighted by Crippen LogP contribution is 2.50. The van der Waals surface area contributed by atoms with Crippen molar-refractivity contribution in [3.63, 3.8) is 0 Å². The number of anilines is 1. The molecule has 1 fully saturated rings. The van der Waals surface area contributed by atoms with Crippen LogP contribution < -0.4 is 5.32 Å². The Kier molecular flexibility index (Phi) is 6.23. The van der Waals surface area contributed by atoms with E-state index in [-0.39, 0.29) is 0 Å². The van der Waals surface area contributed by atoms with Crippen molar-refractivity contribution in [1.82, 2.24) is 15.0 Å². The van der Waals surface area contributed by atoms with E-state index in [9.17, 15) is 14.7 Å². The number of aromatic nitrogens is 3. The molecule has 5 aromatic rings. The number of benzene rings is 2. The van der Waals surface area contributed by atoms with E-state index in [1.54, 1.807) is 29.7 Å². The highest BCUT2D eigenvalue weighted by molar-refractivity contribution is 7.31. The Morgan fingerprint density at radius 2 is 1.74 bits per heavy atom. The Balaban J connectivity index is 1.22. The molecule has 0 aliphatic heterocycles. The normalized spacial score (nSPS) is 14.7. The number of rotatable bonds is 7. The Bertz CT molecular complexity index is 1680. The van der Waals surface area contributed by atoms with Crippen LogP contribution in [-0.4, -0.2) is 32.2 Å². The Morgan fingerprint density at radius 3 is 2.41 bits per heavy atom. The summed E-state index contributed by atoms with van der Waals surface area (Å²) in [5.41, 5.74) is 3.78. The molecule has 0 spiro atoms. The van der Waals surface area contributed by atoms with Gasteiger partial charge in [0, 0.05) is 21.3 Å². The number of carboxylic acids is 1. The van der Waals surface area contributed by atoms with Crippen LogP contribution in [-0.2, 0) is 22.0 Å². The minimum absolute atomic E-state index is 0.405. The first-order valence-corrected chi connectivity index (χ1v) is 14.2. The van der Waals surface area contributed by atoms with Crippen molar-refractivity contribution < 1.29 is 19.4 Å². The molecule has 2 aromatic carbocycles. The minimum atomic E-state index is -0.737. The lowest BCUT2D eigenvalue weighted by Gasteiger charge is -2.14. The number of amides is 1. The summed E-state index contributed by atoms with van der Waals surface area (Å²) < 4.78 is 9.31. The molecule has 1 atom stereocenters. The third-order valence-corrected chi connectivity index (χ3v) is 9.58. The van der Waals surface area contributed by atoms with Gasteiger partial charge in [0.25, 0.3) is 0 Å². The Labute approximate surface area is 232 Å². The van der Waals surface area contributed by atoms with Crippen LogP contribution in [0.1, 0.15) is 42.6 Å². The maximum Gasteiger partial charge on any atom is 0.413 e. The van der Waals surface area contributed by atoms with E-state index in [4.69, 9.17) is 4.74 Å². The first kappa shape index (κ1) is 25.3. The largest absolute Gasteiger partial charge is 0.481 e. The number of carbonyl (C=O) groups is 2. The number of carboxylic acid groups (broad SMARTS) is 1. The first-order chi connectivity index (χ1) is 18.7. The van der Waals surface area contributed by atoms with Crippen molar-refractivity contribution in [2.24, 2.45) is 7.05 Å². The molecule has 0 radical (unpaired) electrons. The second-order valence-corrected chi connectivity index (χ2v) is 12.0. The van der Waals surface area contributed by atoms with Gasteiger partial charge in [0.1, 0.15) is 11.8 Å². The lowest BCUT2D eigenvalue weighted by Crippen LogP contribution is -2.20. The molecule has 3 aromatic heterocycles. The van der Waals surface area contributed by atoms with Gasteiger partial charge in [-0.25, -0.2) is 9.48 Å². The third kappa shape index (κ3) is 4.59. The van der Waals surface area contributed by atoms with E-state index in [2.05, 4.69) is 33.8 Å². The fraction of sp³-hybridized carbons (Fsp3) is 0.241. The summed E-state index contributed by atoms with van der Waals surface area (Å²) in [6.45, 7) is 3.82. The topological polar surface area (TPSA) is 106 Å². The summed E-state index contributed by atoms with van der Waals surface area (Å²) >= 11 is 3.25. The summed E-state index contributed by atoms with van der Waals surface area (Å²) in [5, 5.41) is 20.9. The highest BCUT2D eigenvalue weighted by Gasteiger charge is 2.52. The van der Waals surface area contributed by atoms with Gasteiger partial charge >= 0.3 is 12.1 Å². The maximum absolute atomic E-state index is 12.7. The molecule has 6 rings (SSSR count). The van der Waals surface area contributed by atoms with Crippen LogP contribution in [0.3, 0.4) is 0 Å². The SMILES string of the molecule is Cc1cc(-c2cc3sc(-c4nnn(C)c4NC(=O)OC(C)c4ccccc4)cc3s2)ccc1C1(C(=O)O)CC1. The molecule has 39 heavy (non-hydrogen) atoms. The molecular formula is C29H26N4O4S2. The lowest BCUT2D eigenvalue weighted by atomic mass is 9.90. The van der Waals surface area contributed by atoms with Crippen molar-refractivity contribution in [3.05, 3.63) is 77.4 Å². The van der Waals surface area contributed by atoms with Crippen LogP contribution in [0.25, 0.3) is 30.4 Å². The molecule has 1 saturated carbocycles. The van der Waals surface area contributed by atoms with E-state index in [1.165, 1.54) is 4.68 Å². The van der Waals surface area contributed by atoms with Gasteiger partial charge in [0.05, 0.1) is 10.3 Å². The van der Waals surface area contributed by atoms with Gasteiger partial charge in [0.2, 0.25) is 0 Å². The van der Waals surface area contributed by atoms with E-state index >= 15 is 0 Å². The van der Waals surface area contributed by atoms with Gasteiger partial charge in [-0.3, -0.25) is 10.1 Å².